The van der Waals surface area contributed by atoms with E-state index in [1.54, 1.807) is 18.2 Å². The number of nitrogens with zero attached hydrogens (tertiary/aromatic N) is 1. The maximum Gasteiger partial charge on any atom is 0.416 e. The van der Waals surface area contributed by atoms with Gasteiger partial charge in [0.05, 0.1) is 43.4 Å². The van der Waals surface area contributed by atoms with E-state index in [1.165, 1.54) is 0 Å². The molecule has 0 atom stereocenters. The first kappa shape index (κ1) is 17.1. The van der Waals surface area contributed by atoms with E-state index in [1.807, 2.05) is 4.90 Å². The molecule has 0 saturated carbocycles. The SMILES string of the molecule is OC1(CN2CNc3ccc(-c4ccc(C(F)(F)F)cc4F)cc32)COC1. The van der Waals surface area contributed by atoms with Gasteiger partial charge in [0.25, 0.3) is 0 Å². The summed E-state index contributed by atoms with van der Waals surface area (Å²) in [4.78, 5) is 1.91. The molecule has 2 aromatic carbocycles. The molecule has 8 heteroatoms. The summed E-state index contributed by atoms with van der Waals surface area (Å²) < 4.78 is 57.5. The highest BCUT2D eigenvalue weighted by atomic mass is 19.4. The van der Waals surface area contributed by atoms with Crippen molar-refractivity contribution in [3.63, 3.8) is 0 Å². The largest absolute Gasteiger partial charge is 0.416 e. The molecule has 0 aromatic heterocycles. The third kappa shape index (κ3) is 2.99. The lowest BCUT2D eigenvalue weighted by Crippen LogP contribution is -2.57. The normalized spacial score (nSPS) is 18.3. The van der Waals surface area contributed by atoms with Crippen LogP contribution in [0.1, 0.15) is 5.56 Å². The Bertz CT molecular complexity index is 850. The topological polar surface area (TPSA) is 44.7 Å². The van der Waals surface area contributed by atoms with Gasteiger partial charge in [0.15, 0.2) is 0 Å². The number of aliphatic hydroxyl groups is 1. The van der Waals surface area contributed by atoms with Crippen LogP contribution < -0.4 is 10.2 Å². The number of hydrogen-bond acceptors (Lipinski definition) is 4. The van der Waals surface area contributed by atoms with E-state index in [2.05, 4.69) is 5.32 Å². The molecule has 2 aliphatic rings. The molecular weight excluding hydrogens is 352 g/mol. The van der Waals surface area contributed by atoms with Gasteiger partial charge in [0.1, 0.15) is 11.4 Å². The molecule has 2 aliphatic heterocycles. The van der Waals surface area contributed by atoms with Crippen LogP contribution in [0.3, 0.4) is 0 Å². The van der Waals surface area contributed by atoms with Crippen LogP contribution in [0.25, 0.3) is 11.1 Å². The summed E-state index contributed by atoms with van der Waals surface area (Å²) in [5.41, 5.74) is 0.222. The molecular formula is C18H16F4N2O2. The molecule has 0 amide bonds. The molecule has 0 aliphatic carbocycles. The molecule has 1 saturated heterocycles. The second kappa shape index (κ2) is 5.85. The minimum absolute atomic E-state index is 0.0957. The number of benzene rings is 2. The molecule has 0 radical (unpaired) electrons. The first-order chi connectivity index (χ1) is 12.3. The number of anilines is 2. The fourth-order valence-corrected chi connectivity index (χ4v) is 3.23. The Hall–Kier alpha value is -2.32. The van der Waals surface area contributed by atoms with Crippen LogP contribution >= 0.6 is 0 Å². The van der Waals surface area contributed by atoms with Gasteiger partial charge in [0.2, 0.25) is 0 Å². The van der Waals surface area contributed by atoms with Gasteiger partial charge >= 0.3 is 6.18 Å². The second-order valence-electron chi connectivity index (χ2n) is 6.67. The molecule has 26 heavy (non-hydrogen) atoms. The van der Waals surface area contributed by atoms with Crippen LogP contribution in [0.15, 0.2) is 36.4 Å². The molecule has 0 unspecified atom stereocenters. The average molecular weight is 368 g/mol. The summed E-state index contributed by atoms with van der Waals surface area (Å²) in [6, 6.07) is 7.64. The fourth-order valence-electron chi connectivity index (χ4n) is 3.23. The third-order valence-corrected chi connectivity index (χ3v) is 4.63. The molecule has 1 fully saturated rings. The number of β-amino-alcohol motifs (C(OH)–C–C–N with tert-alkyl or cyclic N) is 1. The van der Waals surface area contributed by atoms with Crippen LogP contribution in [-0.4, -0.2) is 37.1 Å². The summed E-state index contributed by atoms with van der Waals surface area (Å²) in [5.74, 6) is -0.927. The van der Waals surface area contributed by atoms with Crippen molar-refractivity contribution in [2.24, 2.45) is 0 Å². The van der Waals surface area contributed by atoms with Gasteiger partial charge in [-0.25, -0.2) is 4.39 Å². The van der Waals surface area contributed by atoms with E-state index < -0.39 is 23.2 Å². The zero-order valence-electron chi connectivity index (χ0n) is 13.6. The highest BCUT2D eigenvalue weighted by Crippen LogP contribution is 2.38. The lowest BCUT2D eigenvalue weighted by molar-refractivity contribution is -0.171. The monoisotopic (exact) mass is 368 g/mol. The van der Waals surface area contributed by atoms with E-state index in [4.69, 9.17) is 4.74 Å². The number of alkyl halides is 3. The first-order valence-electron chi connectivity index (χ1n) is 8.05. The summed E-state index contributed by atoms with van der Waals surface area (Å²) in [5, 5.41) is 13.4. The Balaban J connectivity index is 1.65. The van der Waals surface area contributed by atoms with Gasteiger partial charge in [-0.2, -0.15) is 13.2 Å². The summed E-state index contributed by atoms with van der Waals surface area (Å²) in [6.45, 7) is 1.35. The van der Waals surface area contributed by atoms with E-state index >= 15 is 0 Å². The first-order valence-corrected chi connectivity index (χ1v) is 8.05. The van der Waals surface area contributed by atoms with Crippen molar-refractivity contribution in [2.75, 3.05) is 36.6 Å². The predicted octanol–water partition coefficient (Wildman–Crippen LogP) is 3.46. The minimum Gasteiger partial charge on any atom is -0.383 e. The Morgan fingerprint density at radius 1 is 1.15 bits per heavy atom. The highest BCUT2D eigenvalue weighted by molar-refractivity contribution is 5.81. The van der Waals surface area contributed by atoms with Gasteiger partial charge in [0, 0.05) is 5.56 Å². The van der Waals surface area contributed by atoms with Crippen molar-refractivity contribution in [2.45, 2.75) is 11.8 Å². The van der Waals surface area contributed by atoms with Crippen LogP contribution in [0, 0.1) is 5.82 Å². The van der Waals surface area contributed by atoms with Gasteiger partial charge in [-0.05, 0) is 29.8 Å². The lowest BCUT2D eigenvalue weighted by atomic mass is 10.00. The Morgan fingerprint density at radius 3 is 2.54 bits per heavy atom. The molecule has 2 aromatic rings. The smallest absolute Gasteiger partial charge is 0.383 e. The summed E-state index contributed by atoms with van der Waals surface area (Å²) >= 11 is 0. The number of rotatable bonds is 3. The highest BCUT2D eigenvalue weighted by Gasteiger charge is 2.39. The van der Waals surface area contributed by atoms with Crippen molar-refractivity contribution in [1.82, 2.24) is 0 Å². The molecule has 0 bridgehead atoms. The van der Waals surface area contributed by atoms with Crippen molar-refractivity contribution in [3.8, 4) is 11.1 Å². The van der Waals surface area contributed by atoms with Gasteiger partial charge < -0.3 is 20.1 Å². The quantitative estimate of drug-likeness (QED) is 0.815. The third-order valence-electron chi connectivity index (χ3n) is 4.63. The van der Waals surface area contributed by atoms with Crippen LogP contribution in [0.5, 0.6) is 0 Å². The van der Waals surface area contributed by atoms with Crippen LogP contribution in [0.4, 0.5) is 28.9 Å². The summed E-state index contributed by atoms with van der Waals surface area (Å²) in [7, 11) is 0. The van der Waals surface area contributed by atoms with E-state index in [9.17, 15) is 22.7 Å². The molecule has 2 heterocycles. The predicted molar refractivity (Wildman–Crippen MR) is 88.4 cm³/mol. The maximum absolute atomic E-state index is 14.3. The Kier molecular flexibility index (Phi) is 3.85. The van der Waals surface area contributed by atoms with Crippen molar-refractivity contribution in [3.05, 3.63) is 47.8 Å². The average Bonchev–Trinajstić information content (AvgIpc) is 2.94. The maximum atomic E-state index is 14.3. The molecule has 4 nitrogen and oxygen atoms in total. The Labute approximate surface area is 147 Å². The van der Waals surface area contributed by atoms with Crippen LogP contribution in [-0.2, 0) is 10.9 Å². The van der Waals surface area contributed by atoms with Crippen LogP contribution in [0.2, 0.25) is 0 Å². The van der Waals surface area contributed by atoms with E-state index in [-0.39, 0.29) is 18.8 Å². The fraction of sp³-hybridized carbons (Fsp3) is 0.333. The van der Waals surface area contributed by atoms with Gasteiger partial charge in [-0.1, -0.05) is 12.1 Å². The molecule has 0 spiro atoms. The van der Waals surface area contributed by atoms with Crippen molar-refractivity contribution >= 4 is 11.4 Å². The van der Waals surface area contributed by atoms with Crippen molar-refractivity contribution in [1.29, 1.82) is 0 Å². The number of hydrogen-bond donors (Lipinski definition) is 2. The van der Waals surface area contributed by atoms with E-state index in [0.717, 1.165) is 23.5 Å². The lowest BCUT2D eigenvalue weighted by Gasteiger charge is -2.39. The number of nitrogens with one attached hydrogen (secondary N) is 1. The van der Waals surface area contributed by atoms with E-state index in [0.29, 0.717) is 24.8 Å². The number of halogens is 4. The number of ether oxygens (including phenoxy) is 1. The molecule has 138 valence electrons. The second-order valence-corrected chi connectivity index (χ2v) is 6.67. The zero-order chi connectivity index (χ0) is 18.5. The molecule has 2 N–H and O–H groups in total. The van der Waals surface area contributed by atoms with Gasteiger partial charge in [-0.3, -0.25) is 0 Å². The molecule has 4 rings (SSSR count). The Morgan fingerprint density at radius 2 is 1.92 bits per heavy atom. The standard InChI is InChI=1S/C18H16F4N2O2/c19-14-6-12(18(20,21)22)2-3-13(14)11-1-4-15-16(5-11)24(10-23-15)7-17(25)8-26-9-17/h1-6,23,25H,7-10H2. The zero-order valence-corrected chi connectivity index (χ0v) is 13.6. The van der Waals surface area contributed by atoms with Crippen molar-refractivity contribution < 1.29 is 27.4 Å². The number of fused-ring (bicyclic) bond motifs is 1. The minimum atomic E-state index is -4.59. The summed E-state index contributed by atoms with van der Waals surface area (Å²) in [6.07, 6.45) is -4.59. The van der Waals surface area contributed by atoms with Gasteiger partial charge in [-0.15, -0.1) is 0 Å².